The summed E-state index contributed by atoms with van der Waals surface area (Å²) < 4.78 is 55.5. The average Bonchev–Trinajstić information content (AvgIpc) is 2.49. The van der Waals surface area contributed by atoms with E-state index >= 15 is 0 Å². The Morgan fingerprint density at radius 3 is 2.48 bits per heavy atom. The number of rotatable bonds is 6. The summed E-state index contributed by atoms with van der Waals surface area (Å²) in [4.78, 5) is 10.9. The van der Waals surface area contributed by atoms with Gasteiger partial charge in [-0.1, -0.05) is 17.7 Å². The molecule has 0 aromatic heterocycles. The normalized spacial score (nSPS) is 11.4. The van der Waals surface area contributed by atoms with E-state index < -0.39 is 22.6 Å². The number of anilines is 1. The van der Waals surface area contributed by atoms with Crippen molar-refractivity contribution in [1.82, 2.24) is 0 Å². The molecule has 0 fully saturated rings. The predicted octanol–water partition coefficient (Wildman–Crippen LogP) is 3.75. The fourth-order valence-corrected chi connectivity index (χ4v) is 3.27. The summed E-state index contributed by atoms with van der Waals surface area (Å²) in [7, 11) is -4.10. The number of aryl methyl sites for hydroxylation is 1. The van der Waals surface area contributed by atoms with E-state index in [1.54, 1.807) is 0 Å². The van der Waals surface area contributed by atoms with Crippen LogP contribution in [0.2, 0.25) is 5.02 Å². The maximum Gasteiger partial charge on any atom is 0.387 e. The third-order valence-electron chi connectivity index (χ3n) is 3.15. The Kier molecular flexibility index (Phi) is 5.48. The van der Waals surface area contributed by atoms with Crippen LogP contribution in [0.3, 0.4) is 0 Å². The zero-order chi connectivity index (χ0) is 18.8. The number of aromatic carboxylic acids is 1. The Hall–Kier alpha value is -2.39. The molecule has 25 heavy (non-hydrogen) atoms. The van der Waals surface area contributed by atoms with E-state index in [4.69, 9.17) is 16.7 Å². The molecule has 0 bridgehead atoms. The molecule has 0 radical (unpaired) electrons. The fourth-order valence-electron chi connectivity index (χ4n) is 1.97. The van der Waals surface area contributed by atoms with Crippen LogP contribution in [0, 0.1) is 6.92 Å². The number of carboxylic acid groups (broad SMARTS) is 1. The van der Waals surface area contributed by atoms with Gasteiger partial charge in [0.15, 0.2) is 0 Å². The molecule has 10 heteroatoms. The number of hydrogen-bond donors (Lipinski definition) is 2. The molecule has 0 saturated carbocycles. The molecule has 2 rings (SSSR count). The first kappa shape index (κ1) is 18.9. The van der Waals surface area contributed by atoms with E-state index in [0.29, 0.717) is 5.56 Å². The van der Waals surface area contributed by atoms with E-state index in [2.05, 4.69) is 9.46 Å². The van der Waals surface area contributed by atoms with Crippen molar-refractivity contribution in [1.29, 1.82) is 0 Å². The monoisotopic (exact) mass is 391 g/mol. The number of halogens is 3. The Morgan fingerprint density at radius 1 is 1.24 bits per heavy atom. The first-order chi connectivity index (χ1) is 11.6. The van der Waals surface area contributed by atoms with Gasteiger partial charge < -0.3 is 9.84 Å². The van der Waals surface area contributed by atoms with Crippen LogP contribution in [0.1, 0.15) is 15.9 Å². The molecular formula is C15H12ClF2NO5S. The van der Waals surface area contributed by atoms with Gasteiger partial charge in [0.25, 0.3) is 10.0 Å². The number of carbonyl (C=O) groups is 1. The fraction of sp³-hybridized carbons (Fsp3) is 0.133. The minimum absolute atomic E-state index is 0.00377. The van der Waals surface area contributed by atoms with Gasteiger partial charge in [-0.15, -0.1) is 0 Å². The largest absolute Gasteiger partial charge is 0.478 e. The van der Waals surface area contributed by atoms with Crippen molar-refractivity contribution in [2.45, 2.75) is 18.4 Å². The van der Waals surface area contributed by atoms with Crippen molar-refractivity contribution in [2.24, 2.45) is 0 Å². The molecule has 0 atom stereocenters. The van der Waals surface area contributed by atoms with Gasteiger partial charge in [-0.2, -0.15) is 8.78 Å². The van der Waals surface area contributed by atoms with Crippen molar-refractivity contribution in [2.75, 3.05) is 4.72 Å². The van der Waals surface area contributed by atoms with Crippen molar-refractivity contribution < 1.29 is 31.8 Å². The van der Waals surface area contributed by atoms with Crippen molar-refractivity contribution in [3.63, 3.8) is 0 Å². The molecule has 2 aromatic carbocycles. The Labute approximate surface area is 147 Å². The second-order valence-corrected chi connectivity index (χ2v) is 7.00. The highest BCUT2D eigenvalue weighted by Crippen LogP contribution is 2.30. The van der Waals surface area contributed by atoms with Crippen LogP contribution in [0.4, 0.5) is 14.5 Å². The van der Waals surface area contributed by atoms with Crippen LogP contribution >= 0.6 is 11.6 Å². The number of carboxylic acids is 1. The third kappa shape index (κ3) is 4.58. The first-order valence-electron chi connectivity index (χ1n) is 6.71. The zero-order valence-corrected chi connectivity index (χ0v) is 14.2. The molecule has 2 N–H and O–H groups in total. The molecule has 2 aromatic rings. The summed E-state index contributed by atoms with van der Waals surface area (Å²) in [5.41, 5.74) is 0.258. The van der Waals surface area contributed by atoms with E-state index in [-0.39, 0.29) is 26.9 Å². The maximum atomic E-state index is 12.4. The molecule has 0 aliphatic rings. The highest BCUT2D eigenvalue weighted by molar-refractivity contribution is 7.92. The molecule has 0 unspecified atom stereocenters. The number of hydrogen-bond acceptors (Lipinski definition) is 4. The minimum atomic E-state index is -4.10. The number of alkyl halides is 2. The van der Waals surface area contributed by atoms with Crippen molar-refractivity contribution in [3.8, 4) is 5.75 Å². The lowest BCUT2D eigenvalue weighted by molar-refractivity contribution is -0.0497. The molecule has 0 amide bonds. The van der Waals surface area contributed by atoms with Crippen molar-refractivity contribution >= 4 is 33.3 Å². The molecule has 0 saturated heterocycles. The first-order valence-corrected chi connectivity index (χ1v) is 8.57. The predicted molar refractivity (Wildman–Crippen MR) is 87.0 cm³/mol. The summed E-state index contributed by atoms with van der Waals surface area (Å²) >= 11 is 5.77. The Balaban J connectivity index is 2.31. The number of ether oxygens (including phenoxy) is 1. The van der Waals surface area contributed by atoms with Crippen LogP contribution < -0.4 is 9.46 Å². The van der Waals surface area contributed by atoms with E-state index in [1.807, 2.05) is 0 Å². The number of nitrogens with one attached hydrogen (secondary N) is 1. The third-order valence-corrected chi connectivity index (χ3v) is 4.82. The van der Waals surface area contributed by atoms with Gasteiger partial charge in [-0.25, -0.2) is 13.2 Å². The maximum absolute atomic E-state index is 12.4. The molecule has 134 valence electrons. The second kappa shape index (κ2) is 7.24. The SMILES string of the molecule is Cc1ccc(S(=O)(=O)Nc2ccc(OC(F)F)c(Cl)c2)cc1C(=O)O. The van der Waals surface area contributed by atoms with Gasteiger partial charge in [0.05, 0.1) is 21.2 Å². The quantitative estimate of drug-likeness (QED) is 0.782. The van der Waals surface area contributed by atoms with Gasteiger partial charge in [0, 0.05) is 0 Å². The van der Waals surface area contributed by atoms with Gasteiger partial charge in [-0.3, -0.25) is 4.72 Å². The summed E-state index contributed by atoms with van der Waals surface area (Å²) in [5.74, 6) is -1.56. The topological polar surface area (TPSA) is 92.7 Å². The molecule has 0 aliphatic heterocycles. The molecule has 0 spiro atoms. The van der Waals surface area contributed by atoms with Crippen LogP contribution in [0.15, 0.2) is 41.3 Å². The van der Waals surface area contributed by atoms with Crippen molar-refractivity contribution in [3.05, 3.63) is 52.5 Å². The van der Waals surface area contributed by atoms with Crippen LogP contribution in [-0.2, 0) is 10.0 Å². The smallest absolute Gasteiger partial charge is 0.387 e. The average molecular weight is 392 g/mol. The summed E-state index contributed by atoms with van der Waals surface area (Å²) in [6.07, 6.45) is 0. The lowest BCUT2D eigenvalue weighted by atomic mass is 10.1. The number of sulfonamides is 1. The van der Waals surface area contributed by atoms with Gasteiger partial charge in [0.2, 0.25) is 0 Å². The van der Waals surface area contributed by atoms with Crippen LogP contribution in [-0.4, -0.2) is 26.1 Å². The summed E-state index contributed by atoms with van der Waals surface area (Å²) in [5, 5.41) is 8.86. The van der Waals surface area contributed by atoms with E-state index in [1.165, 1.54) is 25.1 Å². The lowest BCUT2D eigenvalue weighted by Gasteiger charge is -2.12. The summed E-state index contributed by atoms with van der Waals surface area (Å²) in [6, 6.07) is 7.02. The summed E-state index contributed by atoms with van der Waals surface area (Å²) in [6.45, 7) is -1.53. The number of benzene rings is 2. The van der Waals surface area contributed by atoms with E-state index in [9.17, 15) is 22.0 Å². The second-order valence-electron chi connectivity index (χ2n) is 4.91. The lowest BCUT2D eigenvalue weighted by Crippen LogP contribution is -2.14. The molecule has 0 aliphatic carbocycles. The Bertz CT molecular complexity index is 918. The minimum Gasteiger partial charge on any atom is -0.478 e. The van der Waals surface area contributed by atoms with Gasteiger partial charge in [-0.05, 0) is 42.8 Å². The standard InChI is InChI=1S/C15H12ClF2NO5S/c1-8-2-4-10(7-11(8)14(20)21)25(22,23)19-9-3-5-13(12(16)6-9)24-15(17)18/h2-7,15,19H,1H3,(H,20,21). The zero-order valence-electron chi connectivity index (χ0n) is 12.7. The van der Waals surface area contributed by atoms with Gasteiger partial charge >= 0.3 is 12.6 Å². The highest BCUT2D eigenvalue weighted by Gasteiger charge is 2.19. The molecular weight excluding hydrogens is 380 g/mol. The molecule has 0 heterocycles. The van der Waals surface area contributed by atoms with Crippen LogP contribution in [0.25, 0.3) is 0 Å². The highest BCUT2D eigenvalue weighted by atomic mass is 35.5. The van der Waals surface area contributed by atoms with E-state index in [0.717, 1.165) is 18.2 Å². The Morgan fingerprint density at radius 2 is 1.92 bits per heavy atom. The molecule has 6 nitrogen and oxygen atoms in total. The van der Waals surface area contributed by atoms with Crippen LogP contribution in [0.5, 0.6) is 5.75 Å². The van der Waals surface area contributed by atoms with Gasteiger partial charge in [0.1, 0.15) is 5.75 Å².